The first kappa shape index (κ1) is 19.0. The summed E-state index contributed by atoms with van der Waals surface area (Å²) in [4.78, 5) is 34.9. The molecule has 0 unspecified atom stereocenters. The fraction of sp³-hybridized carbons (Fsp3) is 0.211. The van der Waals surface area contributed by atoms with Crippen molar-refractivity contribution >= 4 is 23.5 Å². The van der Waals surface area contributed by atoms with Gasteiger partial charge in [0.25, 0.3) is 5.91 Å². The van der Waals surface area contributed by atoms with Crippen molar-refractivity contribution in [2.75, 3.05) is 25.1 Å². The number of carbonyl (C=O) groups is 3. The zero-order chi connectivity index (χ0) is 18.8. The van der Waals surface area contributed by atoms with Gasteiger partial charge in [-0.1, -0.05) is 18.2 Å². The number of rotatable bonds is 8. The van der Waals surface area contributed by atoms with E-state index in [1.807, 2.05) is 6.07 Å². The molecule has 1 amide bonds. The van der Waals surface area contributed by atoms with Gasteiger partial charge < -0.3 is 19.5 Å². The van der Waals surface area contributed by atoms with Crippen LogP contribution in [0.1, 0.15) is 17.3 Å². The summed E-state index contributed by atoms with van der Waals surface area (Å²) in [6.07, 6.45) is 0. The molecule has 26 heavy (non-hydrogen) atoms. The maximum absolute atomic E-state index is 11.8. The lowest BCUT2D eigenvalue weighted by Gasteiger charge is -2.08. The Labute approximate surface area is 150 Å². The second-order valence-electron chi connectivity index (χ2n) is 5.11. The summed E-state index contributed by atoms with van der Waals surface area (Å²) >= 11 is 0. The second kappa shape index (κ2) is 9.83. The summed E-state index contributed by atoms with van der Waals surface area (Å²) in [6, 6.07) is 15.0. The molecular formula is C19H19NO6. The second-order valence-corrected chi connectivity index (χ2v) is 5.11. The minimum absolute atomic E-state index is 0.286. The van der Waals surface area contributed by atoms with Crippen molar-refractivity contribution in [3.63, 3.8) is 0 Å². The Bertz CT molecular complexity index is 742. The predicted molar refractivity (Wildman–Crippen MR) is 93.9 cm³/mol. The van der Waals surface area contributed by atoms with Crippen molar-refractivity contribution in [1.29, 1.82) is 0 Å². The summed E-state index contributed by atoms with van der Waals surface area (Å²) in [6.45, 7) is 1.29. The molecule has 0 radical (unpaired) electrons. The lowest BCUT2D eigenvalue weighted by Crippen LogP contribution is -2.23. The highest BCUT2D eigenvalue weighted by atomic mass is 16.6. The zero-order valence-electron chi connectivity index (χ0n) is 14.3. The van der Waals surface area contributed by atoms with Crippen molar-refractivity contribution in [3.05, 3.63) is 60.2 Å². The van der Waals surface area contributed by atoms with Crippen LogP contribution in [0.25, 0.3) is 0 Å². The number of para-hydroxylation sites is 1. The molecule has 0 saturated heterocycles. The number of nitrogens with one attached hydrogen (secondary N) is 1. The summed E-state index contributed by atoms with van der Waals surface area (Å²) in [5.41, 5.74) is 0.856. The number of anilines is 1. The van der Waals surface area contributed by atoms with Gasteiger partial charge in [-0.3, -0.25) is 4.79 Å². The number of amides is 1. The van der Waals surface area contributed by atoms with Crippen LogP contribution in [-0.2, 0) is 19.1 Å². The molecule has 2 rings (SSSR count). The molecule has 7 heteroatoms. The van der Waals surface area contributed by atoms with Crippen LogP contribution >= 0.6 is 0 Å². The Kier molecular flexibility index (Phi) is 7.17. The molecule has 0 aliphatic carbocycles. The van der Waals surface area contributed by atoms with Crippen LogP contribution in [-0.4, -0.2) is 37.7 Å². The molecule has 0 fully saturated rings. The van der Waals surface area contributed by atoms with Gasteiger partial charge in [-0.15, -0.1) is 0 Å². The first-order chi connectivity index (χ1) is 12.6. The van der Waals surface area contributed by atoms with E-state index in [1.54, 1.807) is 43.3 Å². The van der Waals surface area contributed by atoms with Crippen LogP contribution in [0.15, 0.2) is 54.6 Å². The Morgan fingerprint density at radius 2 is 1.58 bits per heavy atom. The molecule has 0 aromatic heterocycles. The minimum atomic E-state index is -0.651. The average molecular weight is 357 g/mol. The van der Waals surface area contributed by atoms with Gasteiger partial charge in [0.1, 0.15) is 5.75 Å². The van der Waals surface area contributed by atoms with Gasteiger partial charge >= 0.3 is 11.9 Å². The van der Waals surface area contributed by atoms with Crippen molar-refractivity contribution in [2.45, 2.75) is 6.92 Å². The van der Waals surface area contributed by atoms with E-state index in [0.29, 0.717) is 17.0 Å². The van der Waals surface area contributed by atoms with Crippen LogP contribution in [0, 0.1) is 0 Å². The normalized spacial score (nSPS) is 9.88. The molecular weight excluding hydrogens is 338 g/mol. The predicted octanol–water partition coefficient (Wildman–Crippen LogP) is 2.42. The highest BCUT2D eigenvalue weighted by Crippen LogP contribution is 2.11. The number of hydrogen-bond donors (Lipinski definition) is 1. The molecule has 0 atom stereocenters. The van der Waals surface area contributed by atoms with Crippen molar-refractivity contribution in [1.82, 2.24) is 0 Å². The van der Waals surface area contributed by atoms with E-state index in [2.05, 4.69) is 5.32 Å². The van der Waals surface area contributed by atoms with E-state index in [1.165, 1.54) is 12.1 Å². The number of carbonyl (C=O) groups excluding carboxylic acids is 3. The molecule has 0 heterocycles. The summed E-state index contributed by atoms with van der Waals surface area (Å²) < 4.78 is 14.9. The third-order valence-corrected chi connectivity index (χ3v) is 3.14. The van der Waals surface area contributed by atoms with E-state index in [9.17, 15) is 14.4 Å². The molecule has 0 bridgehead atoms. The van der Waals surface area contributed by atoms with Gasteiger partial charge in [-0.2, -0.15) is 0 Å². The largest absolute Gasteiger partial charge is 0.482 e. The molecule has 136 valence electrons. The molecule has 0 saturated carbocycles. The maximum atomic E-state index is 11.8. The van der Waals surface area contributed by atoms with Crippen molar-refractivity contribution in [2.24, 2.45) is 0 Å². The first-order valence-electron chi connectivity index (χ1n) is 7.99. The quantitative estimate of drug-likeness (QED) is 0.730. The van der Waals surface area contributed by atoms with Crippen LogP contribution in [0.2, 0.25) is 0 Å². The third kappa shape index (κ3) is 6.27. The number of esters is 2. The third-order valence-electron chi connectivity index (χ3n) is 3.14. The fourth-order valence-electron chi connectivity index (χ4n) is 1.95. The average Bonchev–Trinajstić information content (AvgIpc) is 2.66. The first-order valence-corrected chi connectivity index (χ1v) is 7.99. The molecule has 0 aliphatic rings. The summed E-state index contributed by atoms with van der Waals surface area (Å²) in [7, 11) is 0. The number of hydrogen-bond acceptors (Lipinski definition) is 6. The van der Waals surface area contributed by atoms with Crippen LogP contribution in [0.4, 0.5) is 5.69 Å². The minimum Gasteiger partial charge on any atom is -0.482 e. The van der Waals surface area contributed by atoms with Gasteiger partial charge in [0.05, 0.1) is 12.2 Å². The van der Waals surface area contributed by atoms with Gasteiger partial charge in [0, 0.05) is 5.69 Å². The van der Waals surface area contributed by atoms with Crippen LogP contribution in [0.5, 0.6) is 5.75 Å². The van der Waals surface area contributed by atoms with E-state index in [-0.39, 0.29) is 13.2 Å². The fourth-order valence-corrected chi connectivity index (χ4v) is 1.95. The smallest absolute Gasteiger partial charge is 0.344 e. The highest BCUT2D eigenvalue weighted by molar-refractivity contribution is 5.94. The lowest BCUT2D eigenvalue weighted by atomic mass is 10.2. The van der Waals surface area contributed by atoms with Gasteiger partial charge in [0.2, 0.25) is 0 Å². The molecule has 7 nitrogen and oxygen atoms in total. The number of ether oxygens (including phenoxy) is 3. The monoisotopic (exact) mass is 357 g/mol. The van der Waals surface area contributed by atoms with E-state index in [4.69, 9.17) is 14.2 Å². The molecule has 2 aromatic rings. The molecule has 0 spiro atoms. The van der Waals surface area contributed by atoms with E-state index in [0.717, 1.165) is 0 Å². The van der Waals surface area contributed by atoms with Gasteiger partial charge in [-0.25, -0.2) is 9.59 Å². The molecule has 0 aliphatic heterocycles. The highest BCUT2D eigenvalue weighted by Gasteiger charge is 2.10. The van der Waals surface area contributed by atoms with Gasteiger partial charge in [-0.05, 0) is 43.3 Å². The van der Waals surface area contributed by atoms with Crippen molar-refractivity contribution in [3.8, 4) is 5.75 Å². The topological polar surface area (TPSA) is 90.9 Å². The number of benzene rings is 2. The Morgan fingerprint density at radius 3 is 2.23 bits per heavy atom. The van der Waals surface area contributed by atoms with E-state index >= 15 is 0 Å². The Morgan fingerprint density at radius 1 is 0.885 bits per heavy atom. The maximum Gasteiger partial charge on any atom is 0.344 e. The Balaban J connectivity index is 1.72. The summed E-state index contributed by atoms with van der Waals surface area (Å²) in [5, 5.41) is 2.56. The van der Waals surface area contributed by atoms with Crippen LogP contribution < -0.4 is 10.1 Å². The SMILES string of the molecule is CCOC(=O)c1ccc(NC(=O)COC(=O)COc2ccccc2)cc1. The lowest BCUT2D eigenvalue weighted by molar-refractivity contribution is -0.149. The van der Waals surface area contributed by atoms with Crippen molar-refractivity contribution < 1.29 is 28.6 Å². The van der Waals surface area contributed by atoms with E-state index < -0.39 is 24.5 Å². The summed E-state index contributed by atoms with van der Waals surface area (Å²) in [5.74, 6) is -1.04. The van der Waals surface area contributed by atoms with Crippen LogP contribution in [0.3, 0.4) is 0 Å². The Hall–Kier alpha value is -3.35. The zero-order valence-corrected chi connectivity index (χ0v) is 14.3. The van der Waals surface area contributed by atoms with Gasteiger partial charge in [0.15, 0.2) is 13.2 Å². The molecule has 1 N–H and O–H groups in total. The standard InChI is InChI=1S/C19H19NO6/c1-2-24-19(23)14-8-10-15(11-9-14)20-17(21)12-26-18(22)13-25-16-6-4-3-5-7-16/h3-11H,2,12-13H2,1H3,(H,20,21). The molecule has 2 aromatic carbocycles.